The van der Waals surface area contributed by atoms with Crippen LogP contribution in [0.1, 0.15) is 0 Å². The number of nitrogens with two attached hydrogens (primary N) is 1. The Morgan fingerprint density at radius 1 is 1.25 bits per heavy atom. The number of aromatic hydroxyl groups is 1. The van der Waals surface area contributed by atoms with Gasteiger partial charge >= 0.3 is 27.2 Å². The number of hydrogen-bond acceptors (Lipinski definition) is 3. The zero-order chi connectivity index (χ0) is 9.56. The summed E-state index contributed by atoms with van der Waals surface area (Å²) in [6, 6.07) is 6.70. The molecule has 67 valence electrons. The molecular weight excluding hydrogens is 225 g/mol. The molecule has 1 rings (SSSR count). The van der Waals surface area contributed by atoms with Crippen LogP contribution in [0.15, 0.2) is 24.3 Å². The van der Waals surface area contributed by atoms with Gasteiger partial charge in [-0.1, -0.05) is 12.1 Å². The van der Waals surface area contributed by atoms with Crippen LogP contribution in [0.4, 0.5) is 5.69 Å². The van der Waals surface area contributed by atoms with Crippen LogP contribution >= 0.6 is 0 Å². The van der Waals surface area contributed by atoms with Crippen molar-refractivity contribution in [3.63, 3.8) is 0 Å². The molecule has 1 radical (unpaired) electrons. The first kappa shape index (κ1) is 11.1. The van der Waals surface area contributed by atoms with Crippen LogP contribution in [0.25, 0.3) is 0 Å². The van der Waals surface area contributed by atoms with E-state index < -0.39 is 15.3 Å². The molecule has 6 heteroatoms. The first-order chi connectivity index (χ1) is 5.54. The molecule has 0 atom stereocenters. The summed E-state index contributed by atoms with van der Waals surface area (Å²) >= 11 is -3.44. The van der Waals surface area contributed by atoms with Crippen molar-refractivity contribution in [2.24, 2.45) is 0 Å². The normalized spacial score (nSPS) is 8.17. The van der Waals surface area contributed by atoms with Gasteiger partial charge in [0.2, 0.25) is 0 Å². The number of rotatable bonds is 0. The summed E-state index contributed by atoms with van der Waals surface area (Å²) in [5, 5.41) is 8.79. The average Bonchev–Trinajstić information content (AvgIpc) is 1.94. The molecule has 0 amide bonds. The van der Waals surface area contributed by atoms with E-state index in [4.69, 9.17) is 22.8 Å². The summed E-state index contributed by atoms with van der Waals surface area (Å²) in [6.07, 6.45) is 0. The molecule has 5 N–H and O–H groups in total. The molecule has 0 aromatic heterocycles. The Morgan fingerprint density at radius 3 is 1.92 bits per heavy atom. The summed E-state index contributed by atoms with van der Waals surface area (Å²) < 4.78 is 23.2. The molecule has 0 aliphatic heterocycles. The molecule has 0 unspecified atom stereocenters. The topological polar surface area (TPSA) is 104 Å². The second kappa shape index (κ2) is 5.71. The van der Waals surface area contributed by atoms with E-state index in [0.717, 1.165) is 0 Å². The summed E-state index contributed by atoms with van der Waals surface area (Å²) in [4.78, 5) is 0. The maximum absolute atomic E-state index is 8.79. The van der Waals surface area contributed by atoms with E-state index in [0.29, 0.717) is 5.69 Å². The van der Waals surface area contributed by atoms with E-state index in [9.17, 15) is 0 Å². The molecule has 0 aliphatic rings. The van der Waals surface area contributed by atoms with Gasteiger partial charge in [-0.05, 0) is 12.1 Å². The van der Waals surface area contributed by atoms with Gasteiger partial charge in [0.15, 0.2) is 0 Å². The molecule has 1 aromatic rings. The number of nitrogen functional groups attached to an aromatic ring is 1. The zero-order valence-corrected chi connectivity index (χ0v) is 7.96. The minimum absolute atomic E-state index is 0.146. The molecule has 5 nitrogen and oxygen atoms in total. The fraction of sp³-hybridized carbons (Fsp3) is 0. The third kappa shape index (κ3) is 5.85. The molecule has 0 aliphatic carbocycles. The van der Waals surface area contributed by atoms with Crippen LogP contribution in [-0.2, 0) is 3.74 Å². The fourth-order valence-corrected chi connectivity index (χ4v) is 0.488. The Morgan fingerprint density at radius 2 is 1.67 bits per heavy atom. The van der Waals surface area contributed by atoms with Crippen molar-refractivity contribution >= 4 is 21.0 Å². The van der Waals surface area contributed by atoms with Crippen LogP contribution < -0.4 is 5.73 Å². The van der Waals surface area contributed by atoms with E-state index in [2.05, 4.69) is 0 Å². The van der Waals surface area contributed by atoms with Gasteiger partial charge in [-0.15, -0.1) is 0 Å². The average molecular weight is 234 g/mol. The third-order valence-corrected chi connectivity index (χ3v) is 0.937. The van der Waals surface area contributed by atoms with Crippen LogP contribution in [0.3, 0.4) is 0 Å². The van der Waals surface area contributed by atoms with Crippen molar-refractivity contribution in [1.82, 2.24) is 0 Å². The molecule has 0 saturated heterocycles. The Labute approximate surface area is 74.3 Å². The SMILES string of the molecule is Nc1ccccc1O.O=[As](O)O. The summed E-state index contributed by atoms with van der Waals surface area (Å²) in [5.41, 5.74) is 5.69. The standard InChI is InChI=1S/C6H7NO.AsH2O3/c7-5-3-1-2-4-6(5)8;2-1(3)4/h1-4,8H,7H2;(H2,2,3,4). The number of hydrogen-bond donors (Lipinski definition) is 4. The van der Waals surface area contributed by atoms with E-state index in [1.807, 2.05) is 0 Å². The van der Waals surface area contributed by atoms with Crippen molar-refractivity contribution in [2.45, 2.75) is 0 Å². The minimum atomic E-state index is -3.44. The van der Waals surface area contributed by atoms with E-state index in [-0.39, 0.29) is 5.75 Å². The van der Waals surface area contributed by atoms with Crippen LogP contribution in [-0.4, -0.2) is 28.6 Å². The first-order valence-electron chi connectivity index (χ1n) is 2.92. The number of para-hydroxylation sites is 2. The predicted octanol–water partition coefficient (Wildman–Crippen LogP) is -0.639. The second-order valence-corrected chi connectivity index (χ2v) is 2.87. The molecule has 1 aromatic carbocycles. The van der Waals surface area contributed by atoms with E-state index >= 15 is 0 Å². The number of phenols is 1. The molecule has 0 bridgehead atoms. The van der Waals surface area contributed by atoms with Gasteiger partial charge in [-0.3, -0.25) is 0 Å². The Bertz CT molecular complexity index is 240. The van der Waals surface area contributed by atoms with Crippen molar-refractivity contribution in [2.75, 3.05) is 5.73 Å². The number of anilines is 1. The van der Waals surface area contributed by atoms with Crippen LogP contribution in [0, 0.1) is 0 Å². The Balaban J connectivity index is 0.000000261. The summed E-state index contributed by atoms with van der Waals surface area (Å²) in [7, 11) is 0. The predicted molar refractivity (Wildman–Crippen MR) is 43.4 cm³/mol. The van der Waals surface area contributed by atoms with Gasteiger partial charge in [-0.25, -0.2) is 0 Å². The second-order valence-electron chi connectivity index (χ2n) is 1.81. The molecule has 0 heterocycles. The molecular formula is C6H9AsNO4. The van der Waals surface area contributed by atoms with Gasteiger partial charge in [0.1, 0.15) is 5.75 Å². The van der Waals surface area contributed by atoms with Crippen molar-refractivity contribution < 1.29 is 17.0 Å². The van der Waals surface area contributed by atoms with Gasteiger partial charge in [0, 0.05) is 0 Å². The molecule has 12 heavy (non-hydrogen) atoms. The van der Waals surface area contributed by atoms with E-state index in [1.54, 1.807) is 24.3 Å². The van der Waals surface area contributed by atoms with E-state index in [1.165, 1.54) is 0 Å². The maximum atomic E-state index is 8.79. The fourth-order valence-electron chi connectivity index (χ4n) is 0.488. The van der Waals surface area contributed by atoms with Gasteiger partial charge < -0.3 is 10.8 Å². The van der Waals surface area contributed by atoms with Crippen molar-refractivity contribution in [3.8, 4) is 5.75 Å². The zero-order valence-electron chi connectivity index (χ0n) is 6.08. The van der Waals surface area contributed by atoms with Crippen LogP contribution in [0.5, 0.6) is 5.75 Å². The monoisotopic (exact) mass is 234 g/mol. The van der Waals surface area contributed by atoms with Gasteiger partial charge in [-0.2, -0.15) is 0 Å². The van der Waals surface area contributed by atoms with Crippen molar-refractivity contribution in [1.29, 1.82) is 0 Å². The quantitative estimate of drug-likeness (QED) is 0.271. The summed E-state index contributed by atoms with van der Waals surface area (Å²) in [6.45, 7) is 0. The molecule has 0 spiro atoms. The van der Waals surface area contributed by atoms with Crippen LogP contribution in [0.2, 0.25) is 0 Å². The number of phenolic OH excluding ortho intramolecular Hbond substituents is 1. The summed E-state index contributed by atoms with van der Waals surface area (Å²) in [5.74, 6) is 0.146. The molecule has 0 saturated carbocycles. The van der Waals surface area contributed by atoms with Gasteiger partial charge in [0.25, 0.3) is 0 Å². The molecule has 0 fully saturated rings. The third-order valence-electron chi connectivity index (χ3n) is 0.937. The van der Waals surface area contributed by atoms with Gasteiger partial charge in [0.05, 0.1) is 5.69 Å². The Hall–Kier alpha value is -0.902. The number of benzene rings is 1. The van der Waals surface area contributed by atoms with Crippen molar-refractivity contribution in [3.05, 3.63) is 24.3 Å². The first-order valence-corrected chi connectivity index (χ1v) is 5.37. The Kier molecular flexibility index (Phi) is 5.28.